The molecule has 1 unspecified atom stereocenters. The largest absolute Gasteiger partial charge is 0.481 e. The number of rotatable bonds is 2. The lowest BCUT2D eigenvalue weighted by Crippen LogP contribution is -2.20. The molecule has 2 heterocycles. The van der Waals surface area contributed by atoms with Crippen LogP contribution >= 0.6 is 11.6 Å². The van der Waals surface area contributed by atoms with Crippen molar-refractivity contribution in [2.24, 2.45) is 0 Å². The molecule has 6 nitrogen and oxygen atoms in total. The maximum atomic E-state index is 11.4. The van der Waals surface area contributed by atoms with Crippen molar-refractivity contribution in [3.8, 4) is 5.88 Å². The highest BCUT2D eigenvalue weighted by atomic mass is 35.5. The van der Waals surface area contributed by atoms with E-state index in [4.69, 9.17) is 21.1 Å². The molecule has 16 heavy (non-hydrogen) atoms. The van der Waals surface area contributed by atoms with Gasteiger partial charge in [-0.15, -0.1) is 0 Å². The van der Waals surface area contributed by atoms with E-state index < -0.39 is 18.1 Å². The minimum atomic E-state index is -1.06. The predicted octanol–water partition coefficient (Wildman–Crippen LogP) is 1.05. The van der Waals surface area contributed by atoms with Crippen LogP contribution in [0, 0.1) is 0 Å². The Bertz CT molecular complexity index is 463. The summed E-state index contributed by atoms with van der Waals surface area (Å²) in [6.45, 7) is 0. The normalized spacial score (nSPS) is 19.2. The Kier molecular flexibility index (Phi) is 2.66. The summed E-state index contributed by atoms with van der Waals surface area (Å²) < 4.78 is 9.73. The van der Waals surface area contributed by atoms with Crippen molar-refractivity contribution < 1.29 is 19.1 Å². The van der Waals surface area contributed by atoms with E-state index in [1.807, 2.05) is 5.32 Å². The fourth-order valence-corrected chi connectivity index (χ4v) is 1.53. The number of alkyl carbamates (subject to hydrolysis) is 1. The van der Waals surface area contributed by atoms with Crippen LogP contribution in [0.1, 0.15) is 11.7 Å². The Hall–Kier alpha value is -1.82. The lowest BCUT2D eigenvalue weighted by molar-refractivity contribution is -0.123. The second-order valence-corrected chi connectivity index (χ2v) is 3.46. The van der Waals surface area contributed by atoms with E-state index >= 15 is 0 Å². The van der Waals surface area contributed by atoms with E-state index in [0.717, 1.165) is 0 Å². The van der Waals surface area contributed by atoms with Crippen LogP contribution in [-0.4, -0.2) is 24.1 Å². The zero-order valence-corrected chi connectivity index (χ0v) is 8.95. The van der Waals surface area contributed by atoms with Gasteiger partial charge in [-0.2, -0.15) is 0 Å². The summed E-state index contributed by atoms with van der Waals surface area (Å²) in [7, 11) is 1.40. The van der Waals surface area contributed by atoms with Crippen molar-refractivity contribution in [1.82, 2.24) is 10.3 Å². The van der Waals surface area contributed by atoms with Gasteiger partial charge in [0, 0.05) is 6.20 Å². The molecule has 1 aliphatic heterocycles. The molecule has 0 radical (unpaired) electrons. The Morgan fingerprint density at radius 1 is 1.56 bits per heavy atom. The summed E-state index contributed by atoms with van der Waals surface area (Å²) in [5.41, 5.74) is 0.318. The molecular formula is C9H7ClN2O4. The quantitative estimate of drug-likeness (QED) is 0.839. The number of nitrogens with zero attached hydrogens (tertiary/aromatic N) is 1. The van der Waals surface area contributed by atoms with Gasteiger partial charge in [0.2, 0.25) is 12.0 Å². The molecule has 2 amide bonds. The van der Waals surface area contributed by atoms with Gasteiger partial charge in [-0.3, -0.25) is 10.1 Å². The van der Waals surface area contributed by atoms with E-state index in [9.17, 15) is 9.59 Å². The van der Waals surface area contributed by atoms with Crippen molar-refractivity contribution in [2.45, 2.75) is 6.10 Å². The molecule has 1 aliphatic rings. The second-order valence-electron chi connectivity index (χ2n) is 3.03. The van der Waals surface area contributed by atoms with Crippen LogP contribution in [0.15, 0.2) is 12.3 Å². The van der Waals surface area contributed by atoms with Gasteiger partial charge < -0.3 is 9.47 Å². The van der Waals surface area contributed by atoms with Crippen molar-refractivity contribution in [3.63, 3.8) is 0 Å². The van der Waals surface area contributed by atoms with E-state index in [0.29, 0.717) is 10.6 Å². The molecule has 1 aromatic heterocycles. The summed E-state index contributed by atoms with van der Waals surface area (Å²) in [6.07, 6.45) is -0.482. The minimum Gasteiger partial charge on any atom is -0.481 e. The fraction of sp³-hybridized carbons (Fsp3) is 0.222. The van der Waals surface area contributed by atoms with Crippen LogP contribution in [0.4, 0.5) is 4.79 Å². The van der Waals surface area contributed by atoms with Crippen LogP contribution in [0.2, 0.25) is 5.02 Å². The predicted molar refractivity (Wildman–Crippen MR) is 53.2 cm³/mol. The first kappa shape index (κ1) is 10.7. The fourth-order valence-electron chi connectivity index (χ4n) is 1.36. The highest BCUT2D eigenvalue weighted by Gasteiger charge is 2.36. The summed E-state index contributed by atoms with van der Waals surface area (Å²) in [5, 5.41) is 2.34. The van der Waals surface area contributed by atoms with Gasteiger partial charge in [-0.05, 0) is 6.07 Å². The molecule has 1 aromatic rings. The molecular weight excluding hydrogens is 236 g/mol. The van der Waals surface area contributed by atoms with Gasteiger partial charge >= 0.3 is 6.09 Å². The van der Waals surface area contributed by atoms with Crippen molar-refractivity contribution in [1.29, 1.82) is 0 Å². The molecule has 84 valence electrons. The van der Waals surface area contributed by atoms with Gasteiger partial charge in [0.25, 0.3) is 5.91 Å². The molecule has 0 aliphatic carbocycles. The van der Waals surface area contributed by atoms with Crippen LogP contribution in [0.5, 0.6) is 5.88 Å². The Labute approximate surface area is 95.5 Å². The van der Waals surface area contributed by atoms with Crippen LogP contribution < -0.4 is 10.1 Å². The SMILES string of the molecule is COc1ncc(Cl)cc1C1OC(=O)NC1=O. The van der Waals surface area contributed by atoms with Crippen molar-refractivity contribution >= 4 is 23.6 Å². The number of ether oxygens (including phenoxy) is 2. The monoisotopic (exact) mass is 242 g/mol. The third-order valence-electron chi connectivity index (χ3n) is 2.01. The molecule has 0 aromatic carbocycles. The standard InChI is InChI=1S/C9H7ClN2O4/c1-15-8-5(2-4(10)3-11-8)6-7(13)12-9(14)16-6/h2-3,6H,1H3,(H,12,13,14). The number of methoxy groups -OCH3 is 1. The number of carbonyl (C=O) groups is 2. The van der Waals surface area contributed by atoms with Crippen molar-refractivity contribution in [3.05, 3.63) is 22.8 Å². The van der Waals surface area contributed by atoms with Gasteiger partial charge in [0.05, 0.1) is 17.7 Å². The van der Waals surface area contributed by atoms with Crippen LogP contribution in [0.3, 0.4) is 0 Å². The number of hydrogen-bond donors (Lipinski definition) is 1. The summed E-state index contributed by atoms with van der Waals surface area (Å²) >= 11 is 5.75. The van der Waals surface area contributed by atoms with E-state index in [-0.39, 0.29) is 5.88 Å². The molecule has 1 saturated heterocycles. The Balaban J connectivity index is 2.42. The molecule has 1 fully saturated rings. The number of halogens is 1. The molecule has 1 N–H and O–H groups in total. The smallest absolute Gasteiger partial charge is 0.415 e. The van der Waals surface area contributed by atoms with E-state index in [1.165, 1.54) is 19.4 Å². The lowest BCUT2D eigenvalue weighted by atomic mass is 10.1. The average molecular weight is 243 g/mol. The number of imide groups is 1. The molecule has 1 atom stereocenters. The zero-order valence-electron chi connectivity index (χ0n) is 8.19. The molecule has 0 bridgehead atoms. The summed E-state index contributed by atoms with van der Waals surface area (Å²) in [4.78, 5) is 26.1. The van der Waals surface area contributed by atoms with Gasteiger partial charge in [0.15, 0.2) is 0 Å². The first-order valence-corrected chi connectivity index (χ1v) is 4.70. The number of aromatic nitrogens is 1. The number of hydrogen-bond acceptors (Lipinski definition) is 5. The number of pyridine rings is 1. The molecule has 0 saturated carbocycles. The first-order valence-electron chi connectivity index (χ1n) is 4.32. The van der Waals surface area contributed by atoms with E-state index in [2.05, 4.69) is 4.98 Å². The molecule has 2 rings (SSSR count). The third-order valence-corrected chi connectivity index (χ3v) is 2.22. The zero-order chi connectivity index (χ0) is 11.7. The highest BCUT2D eigenvalue weighted by Crippen LogP contribution is 2.30. The van der Waals surface area contributed by atoms with Crippen LogP contribution in [0.25, 0.3) is 0 Å². The maximum Gasteiger partial charge on any atom is 0.415 e. The van der Waals surface area contributed by atoms with Crippen molar-refractivity contribution in [2.75, 3.05) is 7.11 Å². The maximum absolute atomic E-state index is 11.4. The Morgan fingerprint density at radius 2 is 2.31 bits per heavy atom. The summed E-state index contributed by atoms with van der Waals surface area (Å²) in [5.74, 6) is -0.369. The second kappa shape index (κ2) is 3.97. The topological polar surface area (TPSA) is 77.5 Å². The lowest BCUT2D eigenvalue weighted by Gasteiger charge is -2.10. The highest BCUT2D eigenvalue weighted by molar-refractivity contribution is 6.30. The minimum absolute atomic E-state index is 0.194. The number of amides is 2. The van der Waals surface area contributed by atoms with Gasteiger partial charge in [-0.1, -0.05) is 11.6 Å². The van der Waals surface area contributed by atoms with Gasteiger partial charge in [0.1, 0.15) is 0 Å². The number of carbonyl (C=O) groups excluding carboxylic acids is 2. The van der Waals surface area contributed by atoms with Gasteiger partial charge in [-0.25, -0.2) is 9.78 Å². The van der Waals surface area contributed by atoms with E-state index in [1.54, 1.807) is 0 Å². The molecule has 7 heteroatoms. The number of cyclic esters (lactones) is 1. The Morgan fingerprint density at radius 3 is 2.88 bits per heavy atom. The summed E-state index contributed by atoms with van der Waals surface area (Å²) in [6, 6.07) is 1.47. The molecule has 0 spiro atoms. The number of nitrogens with one attached hydrogen (secondary N) is 1. The first-order chi connectivity index (χ1) is 7.61. The third kappa shape index (κ3) is 1.79. The van der Waals surface area contributed by atoms with Crippen LogP contribution in [-0.2, 0) is 9.53 Å². The average Bonchev–Trinajstić information content (AvgIpc) is 2.57.